The van der Waals surface area contributed by atoms with Crippen molar-refractivity contribution in [1.29, 1.82) is 0 Å². The first-order chi connectivity index (χ1) is 13.0. The van der Waals surface area contributed by atoms with Crippen molar-refractivity contribution in [2.75, 3.05) is 33.2 Å². The molecule has 1 atom stereocenters. The van der Waals surface area contributed by atoms with Crippen LogP contribution >= 0.6 is 11.6 Å². The fourth-order valence-electron chi connectivity index (χ4n) is 2.41. The summed E-state index contributed by atoms with van der Waals surface area (Å²) in [5.41, 5.74) is 1.04. The lowest BCUT2D eigenvalue weighted by atomic mass is 10.1. The van der Waals surface area contributed by atoms with Gasteiger partial charge in [-0.1, -0.05) is 29.8 Å². The predicted octanol–water partition coefficient (Wildman–Crippen LogP) is 2.80. The minimum atomic E-state index is -0.837. The summed E-state index contributed by atoms with van der Waals surface area (Å²) < 4.78 is 15.7. The maximum atomic E-state index is 12.2. The molecule has 0 spiro atoms. The zero-order chi connectivity index (χ0) is 19.8. The summed E-state index contributed by atoms with van der Waals surface area (Å²) in [6.45, 7) is 0.0851. The van der Waals surface area contributed by atoms with Crippen LogP contribution in [0.15, 0.2) is 42.5 Å². The van der Waals surface area contributed by atoms with Crippen LogP contribution in [0.25, 0.3) is 0 Å². The molecule has 2 aromatic carbocycles. The number of hydrogen-bond acceptors (Lipinski definition) is 5. The Bertz CT molecular complexity index is 812. The summed E-state index contributed by atoms with van der Waals surface area (Å²) in [7, 11) is 4.46. The minimum absolute atomic E-state index is 0.0851. The quantitative estimate of drug-likeness (QED) is 0.708. The summed E-state index contributed by atoms with van der Waals surface area (Å²) in [6, 6.07) is 12.0. The number of amides is 2. The molecule has 1 unspecified atom stereocenters. The van der Waals surface area contributed by atoms with Crippen molar-refractivity contribution in [3.05, 3.63) is 53.1 Å². The first-order valence-corrected chi connectivity index (χ1v) is 8.46. The third-order valence-corrected chi connectivity index (χ3v) is 4.19. The van der Waals surface area contributed by atoms with Gasteiger partial charge in [0.1, 0.15) is 17.6 Å². The molecule has 0 saturated carbocycles. The van der Waals surface area contributed by atoms with Crippen LogP contribution in [-0.4, -0.2) is 39.7 Å². The summed E-state index contributed by atoms with van der Waals surface area (Å²) in [4.78, 5) is 24.4. The van der Waals surface area contributed by atoms with E-state index in [1.54, 1.807) is 36.4 Å². The highest BCUT2D eigenvalue weighted by molar-refractivity contribution is 6.39. The Hall–Kier alpha value is -2.77. The molecular weight excluding hydrogens is 372 g/mol. The topological polar surface area (TPSA) is 85.9 Å². The molecule has 0 aliphatic carbocycles. The van der Waals surface area contributed by atoms with E-state index in [0.717, 1.165) is 5.56 Å². The van der Waals surface area contributed by atoms with Crippen molar-refractivity contribution in [2.45, 2.75) is 6.10 Å². The van der Waals surface area contributed by atoms with E-state index < -0.39 is 17.9 Å². The maximum Gasteiger partial charge on any atom is 0.313 e. The number of rotatable bonds is 7. The van der Waals surface area contributed by atoms with E-state index in [4.69, 9.17) is 25.8 Å². The highest BCUT2D eigenvalue weighted by Crippen LogP contribution is 2.29. The molecule has 0 heterocycles. The zero-order valence-electron chi connectivity index (χ0n) is 15.2. The van der Waals surface area contributed by atoms with Crippen LogP contribution in [0.3, 0.4) is 0 Å². The van der Waals surface area contributed by atoms with Gasteiger partial charge in [0.25, 0.3) is 0 Å². The molecule has 0 radical (unpaired) electrons. The van der Waals surface area contributed by atoms with Crippen molar-refractivity contribution in [3.63, 3.8) is 0 Å². The maximum absolute atomic E-state index is 12.2. The highest BCUT2D eigenvalue weighted by Gasteiger charge is 2.20. The highest BCUT2D eigenvalue weighted by atomic mass is 35.5. The average Bonchev–Trinajstić information content (AvgIpc) is 2.69. The van der Waals surface area contributed by atoms with Crippen LogP contribution in [0, 0.1) is 0 Å². The number of benzene rings is 2. The molecule has 7 nitrogen and oxygen atoms in total. The molecular formula is C19H21ClN2O5. The number of halogens is 1. The summed E-state index contributed by atoms with van der Waals surface area (Å²) in [6.07, 6.45) is -0.484. The van der Waals surface area contributed by atoms with Crippen LogP contribution in [0.1, 0.15) is 11.7 Å². The van der Waals surface area contributed by atoms with Gasteiger partial charge in [0, 0.05) is 30.3 Å². The summed E-state index contributed by atoms with van der Waals surface area (Å²) in [5.74, 6) is -0.725. The van der Waals surface area contributed by atoms with Crippen LogP contribution in [0.5, 0.6) is 11.5 Å². The van der Waals surface area contributed by atoms with Crippen LogP contribution in [-0.2, 0) is 14.3 Å². The van der Waals surface area contributed by atoms with Gasteiger partial charge in [-0.2, -0.15) is 0 Å². The van der Waals surface area contributed by atoms with Crippen LogP contribution < -0.4 is 20.1 Å². The van der Waals surface area contributed by atoms with Gasteiger partial charge in [0.2, 0.25) is 0 Å². The van der Waals surface area contributed by atoms with Crippen molar-refractivity contribution in [1.82, 2.24) is 5.32 Å². The lowest BCUT2D eigenvalue weighted by molar-refractivity contribution is -0.136. The normalized spacial score (nSPS) is 11.4. The minimum Gasteiger partial charge on any atom is -0.497 e. The third-order valence-electron chi connectivity index (χ3n) is 3.85. The van der Waals surface area contributed by atoms with Gasteiger partial charge in [-0.15, -0.1) is 0 Å². The Kier molecular flexibility index (Phi) is 7.45. The Morgan fingerprint density at radius 3 is 2.41 bits per heavy atom. The lowest BCUT2D eigenvalue weighted by Crippen LogP contribution is -2.38. The van der Waals surface area contributed by atoms with Crippen molar-refractivity contribution in [3.8, 4) is 11.5 Å². The molecule has 2 rings (SSSR count). The van der Waals surface area contributed by atoms with Gasteiger partial charge >= 0.3 is 11.8 Å². The van der Waals surface area contributed by atoms with Gasteiger partial charge in [0.15, 0.2) is 0 Å². The van der Waals surface area contributed by atoms with E-state index in [1.165, 1.54) is 21.3 Å². The molecule has 144 valence electrons. The molecule has 0 saturated heterocycles. The van der Waals surface area contributed by atoms with Gasteiger partial charge in [0.05, 0.1) is 19.9 Å². The molecule has 0 bridgehead atoms. The number of carbonyl (C=O) groups is 2. The standard InChI is InChI=1S/C19H21ClN2O5/c1-25-12-8-9-16(26-2)15(10-12)22-19(24)18(23)21-11-17(27-3)13-6-4-5-7-14(13)20/h4-10,17H,11H2,1-3H3,(H,21,23)(H,22,24). The fraction of sp³-hybridized carbons (Fsp3) is 0.263. The van der Waals surface area contributed by atoms with Crippen molar-refractivity contribution in [2.24, 2.45) is 0 Å². The number of ether oxygens (including phenoxy) is 3. The van der Waals surface area contributed by atoms with E-state index in [9.17, 15) is 9.59 Å². The van der Waals surface area contributed by atoms with Gasteiger partial charge in [-0.25, -0.2) is 0 Å². The largest absolute Gasteiger partial charge is 0.497 e. The molecule has 2 amide bonds. The molecule has 27 heavy (non-hydrogen) atoms. The summed E-state index contributed by atoms with van der Waals surface area (Å²) in [5, 5.41) is 5.56. The molecule has 0 aromatic heterocycles. The number of methoxy groups -OCH3 is 3. The first kappa shape index (κ1) is 20.5. The molecule has 8 heteroatoms. The number of anilines is 1. The smallest absolute Gasteiger partial charge is 0.313 e. The fourth-order valence-corrected chi connectivity index (χ4v) is 2.67. The van der Waals surface area contributed by atoms with E-state index in [-0.39, 0.29) is 6.54 Å². The molecule has 2 N–H and O–H groups in total. The van der Waals surface area contributed by atoms with Crippen LogP contribution in [0.4, 0.5) is 5.69 Å². The zero-order valence-corrected chi connectivity index (χ0v) is 16.0. The monoisotopic (exact) mass is 392 g/mol. The molecule has 0 fully saturated rings. The number of hydrogen-bond donors (Lipinski definition) is 2. The average molecular weight is 393 g/mol. The Balaban J connectivity index is 2.01. The molecule has 0 aliphatic rings. The summed E-state index contributed by atoms with van der Waals surface area (Å²) >= 11 is 6.15. The Morgan fingerprint density at radius 2 is 1.78 bits per heavy atom. The molecule has 0 aliphatic heterocycles. The van der Waals surface area contributed by atoms with Crippen LogP contribution in [0.2, 0.25) is 5.02 Å². The van der Waals surface area contributed by atoms with E-state index >= 15 is 0 Å². The second kappa shape index (κ2) is 9.80. The predicted molar refractivity (Wildman–Crippen MR) is 102 cm³/mol. The molecule has 2 aromatic rings. The van der Waals surface area contributed by atoms with Gasteiger partial charge < -0.3 is 24.8 Å². The first-order valence-electron chi connectivity index (χ1n) is 8.08. The van der Waals surface area contributed by atoms with Crippen molar-refractivity contribution >= 4 is 29.1 Å². The number of nitrogens with one attached hydrogen (secondary N) is 2. The third kappa shape index (κ3) is 5.35. The second-order valence-electron chi connectivity index (χ2n) is 5.48. The lowest BCUT2D eigenvalue weighted by Gasteiger charge is -2.18. The van der Waals surface area contributed by atoms with Gasteiger partial charge in [-0.05, 0) is 18.2 Å². The van der Waals surface area contributed by atoms with Gasteiger partial charge in [-0.3, -0.25) is 9.59 Å². The number of carbonyl (C=O) groups excluding carboxylic acids is 2. The van der Waals surface area contributed by atoms with E-state index in [0.29, 0.717) is 22.2 Å². The Labute approximate surface area is 162 Å². The second-order valence-corrected chi connectivity index (χ2v) is 5.88. The van der Waals surface area contributed by atoms with E-state index in [2.05, 4.69) is 10.6 Å². The van der Waals surface area contributed by atoms with E-state index in [1.807, 2.05) is 6.07 Å². The van der Waals surface area contributed by atoms with Crippen molar-refractivity contribution < 1.29 is 23.8 Å². The Morgan fingerprint density at radius 1 is 1.04 bits per heavy atom. The SMILES string of the molecule is COc1ccc(OC)c(NC(=O)C(=O)NCC(OC)c2ccccc2Cl)c1.